The first-order valence-corrected chi connectivity index (χ1v) is 8.18. The lowest BCUT2D eigenvalue weighted by Crippen LogP contribution is -2.48. The van der Waals surface area contributed by atoms with Gasteiger partial charge in [0.2, 0.25) is 5.91 Å². The zero-order valence-corrected chi connectivity index (χ0v) is 14.1. The van der Waals surface area contributed by atoms with Gasteiger partial charge in [0.25, 0.3) is 11.8 Å². The molecular formula is C19H19N3O3. The first-order chi connectivity index (χ1) is 12.0. The molecule has 1 atom stereocenters. The molecule has 0 saturated carbocycles. The van der Waals surface area contributed by atoms with Gasteiger partial charge in [-0.25, -0.2) is 4.98 Å². The number of aromatic nitrogens is 1. The number of rotatable bonds is 5. The van der Waals surface area contributed by atoms with E-state index in [9.17, 15) is 14.4 Å². The summed E-state index contributed by atoms with van der Waals surface area (Å²) < 4.78 is 0. The van der Waals surface area contributed by atoms with Gasteiger partial charge in [-0.3, -0.25) is 19.3 Å². The van der Waals surface area contributed by atoms with Gasteiger partial charge in [0, 0.05) is 6.20 Å². The average Bonchev–Trinajstić information content (AvgIpc) is 2.85. The molecule has 1 aliphatic rings. The van der Waals surface area contributed by atoms with Gasteiger partial charge < -0.3 is 5.32 Å². The Labute approximate surface area is 145 Å². The lowest BCUT2D eigenvalue weighted by Gasteiger charge is -2.26. The van der Waals surface area contributed by atoms with E-state index in [1.165, 1.54) is 0 Å². The monoisotopic (exact) mass is 337 g/mol. The third-order valence-corrected chi connectivity index (χ3v) is 4.05. The Morgan fingerprint density at radius 2 is 1.64 bits per heavy atom. The maximum absolute atomic E-state index is 12.8. The van der Waals surface area contributed by atoms with Gasteiger partial charge in [-0.2, -0.15) is 0 Å². The van der Waals surface area contributed by atoms with E-state index in [0.29, 0.717) is 23.4 Å². The molecule has 0 spiro atoms. The number of nitrogens with zero attached hydrogens (tertiary/aromatic N) is 2. The summed E-state index contributed by atoms with van der Waals surface area (Å²) in [5, 5.41) is 2.70. The Hall–Kier alpha value is -3.02. The van der Waals surface area contributed by atoms with Crippen molar-refractivity contribution in [2.45, 2.75) is 26.3 Å². The van der Waals surface area contributed by atoms with E-state index in [4.69, 9.17) is 0 Å². The molecule has 3 amide bonds. The standard InChI is InChI=1S/C19H19N3O3/c1-12(2)11-15(17(23)21-16-9-5-6-10-20-16)22-18(24)13-7-3-4-8-14(13)19(22)25/h3-10,12,15H,11H2,1-2H3,(H,20,21,23). The normalized spacial score (nSPS) is 14.6. The molecule has 128 valence electrons. The van der Waals surface area contributed by atoms with Crippen LogP contribution in [0.3, 0.4) is 0 Å². The van der Waals surface area contributed by atoms with Crippen LogP contribution in [0.2, 0.25) is 0 Å². The first-order valence-electron chi connectivity index (χ1n) is 8.18. The number of hydrogen-bond donors (Lipinski definition) is 1. The largest absolute Gasteiger partial charge is 0.309 e. The second-order valence-corrected chi connectivity index (χ2v) is 6.38. The fraction of sp³-hybridized carbons (Fsp3) is 0.263. The highest BCUT2D eigenvalue weighted by Gasteiger charge is 2.42. The number of imide groups is 1. The van der Waals surface area contributed by atoms with E-state index in [1.54, 1.807) is 48.7 Å². The number of fused-ring (bicyclic) bond motifs is 1. The van der Waals surface area contributed by atoms with Crippen LogP contribution in [0.5, 0.6) is 0 Å². The van der Waals surface area contributed by atoms with Crippen molar-refractivity contribution in [3.8, 4) is 0 Å². The molecule has 0 radical (unpaired) electrons. The summed E-state index contributed by atoms with van der Waals surface area (Å²) in [6, 6.07) is 10.9. The van der Waals surface area contributed by atoms with Crippen molar-refractivity contribution in [1.82, 2.24) is 9.88 Å². The van der Waals surface area contributed by atoms with Crippen molar-refractivity contribution in [1.29, 1.82) is 0 Å². The van der Waals surface area contributed by atoms with Crippen molar-refractivity contribution >= 4 is 23.5 Å². The lowest BCUT2D eigenvalue weighted by atomic mass is 10.0. The second kappa shape index (κ2) is 6.84. The Morgan fingerprint density at radius 3 is 2.16 bits per heavy atom. The fourth-order valence-corrected chi connectivity index (χ4v) is 2.91. The van der Waals surface area contributed by atoms with Gasteiger partial charge in [0.05, 0.1) is 11.1 Å². The minimum Gasteiger partial charge on any atom is -0.309 e. The molecule has 1 aliphatic heterocycles. The number of carbonyl (C=O) groups is 3. The first kappa shape index (κ1) is 16.8. The third-order valence-electron chi connectivity index (χ3n) is 4.05. The summed E-state index contributed by atoms with van der Waals surface area (Å²) in [5.41, 5.74) is 0.679. The van der Waals surface area contributed by atoms with Gasteiger partial charge in [0.15, 0.2) is 0 Å². The Morgan fingerprint density at radius 1 is 1.04 bits per heavy atom. The second-order valence-electron chi connectivity index (χ2n) is 6.38. The van der Waals surface area contributed by atoms with E-state index in [1.807, 2.05) is 13.8 Å². The maximum atomic E-state index is 12.8. The van der Waals surface area contributed by atoms with Crippen molar-refractivity contribution < 1.29 is 14.4 Å². The third kappa shape index (κ3) is 3.28. The molecule has 2 aromatic rings. The molecule has 3 rings (SSSR count). The Bertz CT molecular complexity index is 783. The fourth-order valence-electron chi connectivity index (χ4n) is 2.91. The Kier molecular flexibility index (Phi) is 4.61. The summed E-state index contributed by atoms with van der Waals surface area (Å²) in [6.45, 7) is 3.89. The van der Waals surface area contributed by atoms with Crippen LogP contribution in [0.15, 0.2) is 48.7 Å². The SMILES string of the molecule is CC(C)CC(C(=O)Nc1ccccn1)N1C(=O)c2ccccc2C1=O. The van der Waals surface area contributed by atoms with Crippen LogP contribution in [0.1, 0.15) is 41.0 Å². The highest BCUT2D eigenvalue weighted by molar-refractivity contribution is 6.23. The lowest BCUT2D eigenvalue weighted by molar-refractivity contribution is -0.120. The molecule has 1 unspecified atom stereocenters. The summed E-state index contributed by atoms with van der Waals surface area (Å²) in [4.78, 5) is 43.3. The van der Waals surface area contributed by atoms with Gasteiger partial charge in [-0.05, 0) is 36.6 Å². The highest BCUT2D eigenvalue weighted by atomic mass is 16.2. The van der Waals surface area contributed by atoms with Crippen LogP contribution in [0, 0.1) is 5.92 Å². The molecule has 0 fully saturated rings. The molecule has 25 heavy (non-hydrogen) atoms. The maximum Gasteiger partial charge on any atom is 0.262 e. The van der Waals surface area contributed by atoms with Gasteiger partial charge >= 0.3 is 0 Å². The quantitative estimate of drug-likeness (QED) is 0.851. The highest BCUT2D eigenvalue weighted by Crippen LogP contribution is 2.27. The number of hydrogen-bond acceptors (Lipinski definition) is 4. The molecule has 0 aliphatic carbocycles. The van der Waals surface area contributed by atoms with Crippen molar-refractivity contribution in [2.24, 2.45) is 5.92 Å². The number of pyridine rings is 1. The van der Waals surface area contributed by atoms with Crippen molar-refractivity contribution in [2.75, 3.05) is 5.32 Å². The van der Waals surface area contributed by atoms with Crippen LogP contribution in [0.25, 0.3) is 0 Å². The minimum atomic E-state index is -0.880. The number of amides is 3. The van der Waals surface area contributed by atoms with Crippen LogP contribution in [0.4, 0.5) is 5.82 Å². The summed E-state index contributed by atoms with van der Waals surface area (Å²) >= 11 is 0. The van der Waals surface area contributed by atoms with E-state index >= 15 is 0 Å². The predicted molar refractivity (Wildman–Crippen MR) is 93.1 cm³/mol. The summed E-state index contributed by atoms with van der Waals surface area (Å²) in [6.07, 6.45) is 1.94. The van der Waals surface area contributed by atoms with E-state index in [2.05, 4.69) is 10.3 Å². The van der Waals surface area contributed by atoms with Crippen LogP contribution < -0.4 is 5.32 Å². The Balaban J connectivity index is 1.90. The smallest absolute Gasteiger partial charge is 0.262 e. The zero-order valence-electron chi connectivity index (χ0n) is 14.1. The molecule has 6 nitrogen and oxygen atoms in total. The molecule has 1 N–H and O–H groups in total. The van der Waals surface area contributed by atoms with Crippen molar-refractivity contribution in [3.05, 3.63) is 59.8 Å². The molecule has 2 heterocycles. The van der Waals surface area contributed by atoms with E-state index in [0.717, 1.165) is 4.90 Å². The average molecular weight is 337 g/mol. The van der Waals surface area contributed by atoms with Gasteiger partial charge in [-0.1, -0.05) is 32.0 Å². The van der Waals surface area contributed by atoms with Crippen LogP contribution in [-0.4, -0.2) is 33.6 Å². The van der Waals surface area contributed by atoms with Crippen molar-refractivity contribution in [3.63, 3.8) is 0 Å². The number of benzene rings is 1. The van der Waals surface area contributed by atoms with Crippen LogP contribution in [-0.2, 0) is 4.79 Å². The van der Waals surface area contributed by atoms with Gasteiger partial charge in [0.1, 0.15) is 11.9 Å². The molecule has 1 aromatic carbocycles. The molecule has 0 saturated heterocycles. The predicted octanol–water partition coefficient (Wildman–Crippen LogP) is 2.73. The number of nitrogens with one attached hydrogen (secondary N) is 1. The molecule has 6 heteroatoms. The topological polar surface area (TPSA) is 79.4 Å². The minimum absolute atomic E-state index is 0.129. The molecule has 1 aromatic heterocycles. The van der Waals surface area contributed by atoms with E-state index in [-0.39, 0.29) is 5.92 Å². The molecular weight excluding hydrogens is 318 g/mol. The molecule has 0 bridgehead atoms. The van der Waals surface area contributed by atoms with E-state index < -0.39 is 23.8 Å². The number of anilines is 1. The summed E-state index contributed by atoms with van der Waals surface area (Å²) in [7, 11) is 0. The number of carbonyl (C=O) groups excluding carboxylic acids is 3. The summed E-state index contributed by atoms with van der Waals surface area (Å²) in [5.74, 6) is -0.756. The zero-order chi connectivity index (χ0) is 18.0. The van der Waals surface area contributed by atoms with Gasteiger partial charge in [-0.15, -0.1) is 0 Å². The van der Waals surface area contributed by atoms with Crippen LogP contribution >= 0.6 is 0 Å².